The number of H-pyrrole nitrogens is 1. The van der Waals surface area contributed by atoms with Crippen molar-refractivity contribution in [2.75, 3.05) is 5.32 Å². The minimum absolute atomic E-state index is 0.0658. The van der Waals surface area contributed by atoms with E-state index in [0.717, 1.165) is 23.3 Å². The van der Waals surface area contributed by atoms with E-state index in [2.05, 4.69) is 15.3 Å². The first-order valence-electron chi connectivity index (χ1n) is 8.59. The van der Waals surface area contributed by atoms with Crippen molar-refractivity contribution in [1.29, 1.82) is 0 Å². The second-order valence-corrected chi connectivity index (χ2v) is 6.18. The summed E-state index contributed by atoms with van der Waals surface area (Å²) in [5, 5.41) is 2.56. The van der Waals surface area contributed by atoms with Crippen molar-refractivity contribution >= 4 is 23.5 Å². The number of anilines is 1. The zero-order valence-corrected chi connectivity index (χ0v) is 15.0. The zero-order chi connectivity index (χ0) is 20.9. The Morgan fingerprint density at radius 3 is 2.31 bits per heavy atom. The molecule has 8 heteroatoms. The molecular weight excluding hydrogens is 383 g/mol. The number of imidazole rings is 1. The topological polar surface area (TPSA) is 74.8 Å². The summed E-state index contributed by atoms with van der Waals surface area (Å²) in [6, 6.07) is 11.3. The summed E-state index contributed by atoms with van der Waals surface area (Å²) in [5.74, 6) is -0.353. The quantitative estimate of drug-likeness (QED) is 0.473. The first kappa shape index (κ1) is 20.1. The second-order valence-electron chi connectivity index (χ2n) is 6.18. The van der Waals surface area contributed by atoms with Crippen molar-refractivity contribution in [3.63, 3.8) is 0 Å². The molecule has 0 atom stereocenters. The summed E-state index contributed by atoms with van der Waals surface area (Å²) < 4.78 is 37.7. The number of hydrogen-bond donors (Lipinski definition) is 2. The minimum Gasteiger partial charge on any atom is -0.342 e. The number of carbonyl (C=O) groups is 2. The minimum atomic E-state index is -4.42. The number of halogens is 3. The lowest BCUT2D eigenvalue weighted by Gasteiger charge is -2.09. The molecule has 3 aromatic rings. The van der Waals surface area contributed by atoms with E-state index in [9.17, 15) is 22.8 Å². The van der Waals surface area contributed by atoms with E-state index in [0.29, 0.717) is 5.69 Å². The molecule has 5 nitrogen and oxygen atoms in total. The van der Waals surface area contributed by atoms with Gasteiger partial charge in [-0.05, 0) is 41.5 Å². The molecule has 0 unspecified atom stereocenters. The van der Waals surface area contributed by atoms with Gasteiger partial charge in [-0.15, -0.1) is 0 Å². The summed E-state index contributed by atoms with van der Waals surface area (Å²) in [6.45, 7) is 0. The first-order chi connectivity index (χ1) is 13.8. The first-order valence-corrected chi connectivity index (χ1v) is 8.59. The van der Waals surface area contributed by atoms with Crippen LogP contribution in [0.15, 0.2) is 67.0 Å². The van der Waals surface area contributed by atoms with Crippen molar-refractivity contribution in [3.8, 4) is 0 Å². The van der Waals surface area contributed by atoms with Crippen molar-refractivity contribution in [3.05, 3.63) is 89.5 Å². The Bertz CT molecular complexity index is 1010. The number of aromatic amines is 1. The van der Waals surface area contributed by atoms with Crippen LogP contribution in [0.25, 0.3) is 6.08 Å². The molecule has 0 aliphatic heterocycles. The van der Waals surface area contributed by atoms with Crippen molar-refractivity contribution in [2.24, 2.45) is 0 Å². The Labute approximate surface area is 164 Å². The monoisotopic (exact) mass is 399 g/mol. The molecule has 0 aliphatic rings. The molecule has 2 N–H and O–H groups in total. The molecule has 148 valence electrons. The summed E-state index contributed by atoms with van der Waals surface area (Å²) in [7, 11) is 0. The molecule has 0 aliphatic carbocycles. The van der Waals surface area contributed by atoms with E-state index in [1.807, 2.05) is 0 Å². The largest absolute Gasteiger partial charge is 0.416 e. The molecule has 0 radical (unpaired) electrons. The van der Waals surface area contributed by atoms with Crippen LogP contribution in [0.1, 0.15) is 27.3 Å². The van der Waals surface area contributed by atoms with Gasteiger partial charge in [-0.25, -0.2) is 4.98 Å². The number of benzene rings is 2. The number of ketones is 1. The Balaban J connectivity index is 1.55. The summed E-state index contributed by atoms with van der Waals surface area (Å²) in [6.07, 6.45) is 1.73. The molecule has 2 aromatic carbocycles. The third kappa shape index (κ3) is 5.65. The van der Waals surface area contributed by atoms with E-state index in [1.54, 1.807) is 36.5 Å². The van der Waals surface area contributed by atoms with Gasteiger partial charge in [0.2, 0.25) is 11.7 Å². The van der Waals surface area contributed by atoms with Gasteiger partial charge in [0.05, 0.1) is 12.0 Å². The van der Waals surface area contributed by atoms with Gasteiger partial charge in [0.1, 0.15) is 0 Å². The summed E-state index contributed by atoms with van der Waals surface area (Å²) in [4.78, 5) is 30.5. The van der Waals surface area contributed by atoms with Crippen LogP contribution in [0.3, 0.4) is 0 Å². The highest BCUT2D eigenvalue weighted by Gasteiger charge is 2.29. The zero-order valence-electron chi connectivity index (χ0n) is 15.0. The molecule has 0 saturated heterocycles. The molecule has 0 fully saturated rings. The van der Waals surface area contributed by atoms with Gasteiger partial charge in [-0.2, -0.15) is 13.2 Å². The van der Waals surface area contributed by atoms with Gasteiger partial charge in [-0.1, -0.05) is 30.3 Å². The molecular formula is C21H16F3N3O2. The fourth-order valence-corrected chi connectivity index (χ4v) is 2.53. The second kappa shape index (κ2) is 8.55. The number of amides is 1. The number of nitrogens with one attached hydrogen (secondary N) is 2. The van der Waals surface area contributed by atoms with Crippen LogP contribution in [0.2, 0.25) is 0 Å². The van der Waals surface area contributed by atoms with Crippen LogP contribution < -0.4 is 5.32 Å². The van der Waals surface area contributed by atoms with Crippen LogP contribution in [-0.4, -0.2) is 21.7 Å². The Morgan fingerprint density at radius 2 is 1.72 bits per heavy atom. The number of allylic oxidation sites excluding steroid dienone is 1. The molecule has 0 spiro atoms. The lowest BCUT2D eigenvalue weighted by Crippen LogP contribution is -2.14. The van der Waals surface area contributed by atoms with Crippen LogP contribution in [0, 0.1) is 0 Å². The molecule has 1 heterocycles. The highest BCUT2D eigenvalue weighted by atomic mass is 19.4. The summed E-state index contributed by atoms with van der Waals surface area (Å²) in [5.41, 5.74) is 1.02. The van der Waals surface area contributed by atoms with Gasteiger partial charge < -0.3 is 10.3 Å². The predicted molar refractivity (Wildman–Crippen MR) is 102 cm³/mol. The fraction of sp³-hybridized carbons (Fsp3) is 0.0952. The lowest BCUT2D eigenvalue weighted by molar-refractivity contribution is -0.137. The van der Waals surface area contributed by atoms with E-state index < -0.39 is 11.7 Å². The smallest absolute Gasteiger partial charge is 0.342 e. The molecule has 1 aromatic heterocycles. The Morgan fingerprint density at radius 1 is 1.03 bits per heavy atom. The van der Waals surface area contributed by atoms with E-state index in [4.69, 9.17) is 0 Å². The lowest BCUT2D eigenvalue weighted by atomic mass is 10.1. The molecule has 0 bridgehead atoms. The van der Waals surface area contributed by atoms with Crippen molar-refractivity contribution < 1.29 is 22.8 Å². The SMILES string of the molecule is O=C(Cc1ccc(/C=C/C(=O)c2ncc[nH]2)cc1)Nc1ccc(C(F)(F)F)cc1. The number of rotatable bonds is 6. The molecule has 1 amide bonds. The van der Waals surface area contributed by atoms with Crippen LogP contribution >= 0.6 is 0 Å². The van der Waals surface area contributed by atoms with Crippen molar-refractivity contribution in [2.45, 2.75) is 12.6 Å². The maximum absolute atomic E-state index is 12.6. The average Bonchev–Trinajstić information content (AvgIpc) is 3.22. The van der Waals surface area contributed by atoms with Crippen LogP contribution in [0.5, 0.6) is 0 Å². The predicted octanol–water partition coefficient (Wildman–Crippen LogP) is 4.51. The average molecular weight is 399 g/mol. The fourth-order valence-electron chi connectivity index (χ4n) is 2.53. The van der Waals surface area contributed by atoms with Crippen LogP contribution in [0.4, 0.5) is 18.9 Å². The van der Waals surface area contributed by atoms with Crippen LogP contribution in [-0.2, 0) is 17.4 Å². The van der Waals surface area contributed by atoms with Gasteiger partial charge in [0, 0.05) is 18.1 Å². The van der Waals surface area contributed by atoms with E-state index in [1.165, 1.54) is 24.4 Å². The molecule has 0 saturated carbocycles. The van der Waals surface area contributed by atoms with Gasteiger partial charge >= 0.3 is 6.18 Å². The number of nitrogens with zero attached hydrogens (tertiary/aromatic N) is 1. The number of aromatic nitrogens is 2. The third-order valence-electron chi connectivity index (χ3n) is 4.00. The Kier molecular flexibility index (Phi) is 5.92. The highest BCUT2D eigenvalue weighted by Crippen LogP contribution is 2.29. The maximum atomic E-state index is 12.6. The Hall–Kier alpha value is -3.68. The molecule has 3 rings (SSSR count). The van der Waals surface area contributed by atoms with Gasteiger partial charge in [0.25, 0.3) is 0 Å². The standard InChI is InChI=1S/C21H16F3N3O2/c22-21(23,24)16-6-8-17(9-7-16)27-19(29)13-15-3-1-14(2-4-15)5-10-18(28)20-25-11-12-26-20/h1-12H,13H2,(H,25,26)(H,27,29)/b10-5+. The maximum Gasteiger partial charge on any atom is 0.416 e. The summed E-state index contributed by atoms with van der Waals surface area (Å²) >= 11 is 0. The highest BCUT2D eigenvalue weighted by molar-refractivity contribution is 6.04. The van der Waals surface area contributed by atoms with E-state index in [-0.39, 0.29) is 23.9 Å². The van der Waals surface area contributed by atoms with Crippen molar-refractivity contribution in [1.82, 2.24) is 9.97 Å². The number of alkyl halides is 3. The van der Waals surface area contributed by atoms with Gasteiger partial charge in [0.15, 0.2) is 5.82 Å². The van der Waals surface area contributed by atoms with Gasteiger partial charge in [-0.3, -0.25) is 9.59 Å². The third-order valence-corrected chi connectivity index (χ3v) is 4.00. The normalized spacial score (nSPS) is 11.6. The number of carbonyl (C=O) groups excluding carboxylic acids is 2. The van der Waals surface area contributed by atoms with E-state index >= 15 is 0 Å². The number of hydrogen-bond acceptors (Lipinski definition) is 3. The molecule has 29 heavy (non-hydrogen) atoms.